The van der Waals surface area contributed by atoms with Gasteiger partial charge in [0.25, 0.3) is 0 Å². The van der Waals surface area contributed by atoms with Crippen LogP contribution in [0.1, 0.15) is 16.9 Å². The van der Waals surface area contributed by atoms with Gasteiger partial charge in [0.1, 0.15) is 6.54 Å². The van der Waals surface area contributed by atoms with Crippen LogP contribution in [-0.4, -0.2) is 62.0 Å². The molecule has 1 aromatic heterocycles. The number of nitrogens with zero attached hydrogens (tertiary/aromatic N) is 3. The number of amides is 1. The Balaban J connectivity index is 0.00000320. The molecule has 164 valence electrons. The van der Waals surface area contributed by atoms with E-state index in [1.54, 1.807) is 30.3 Å². The van der Waals surface area contributed by atoms with Gasteiger partial charge in [-0.3, -0.25) is 4.79 Å². The van der Waals surface area contributed by atoms with Gasteiger partial charge in [-0.1, -0.05) is 36.4 Å². The number of halogens is 1. The molecule has 3 rings (SSSR count). The van der Waals surface area contributed by atoms with E-state index < -0.39 is 0 Å². The molecule has 2 heterocycles. The number of carbonyl (C=O) groups excluding carboxylic acids is 1. The van der Waals surface area contributed by atoms with E-state index in [4.69, 9.17) is 4.74 Å². The molecular weight excluding hydrogens is 511 g/mol. The molecule has 1 atom stereocenters. The SMILES string of the molecule is CN(C)C(=O)CN=C(NCc1cccs1)N1CCC(COCc2ccccc2)C1.I. The highest BCUT2D eigenvalue weighted by Gasteiger charge is 2.25. The normalized spacial score (nSPS) is 16.3. The second-order valence-corrected chi connectivity index (χ2v) is 8.49. The molecule has 1 aliphatic heterocycles. The fourth-order valence-electron chi connectivity index (χ4n) is 3.21. The summed E-state index contributed by atoms with van der Waals surface area (Å²) in [7, 11) is 3.51. The number of nitrogens with one attached hydrogen (secondary N) is 1. The number of benzene rings is 1. The molecule has 0 aliphatic carbocycles. The maximum Gasteiger partial charge on any atom is 0.243 e. The van der Waals surface area contributed by atoms with Gasteiger partial charge in [0.2, 0.25) is 5.91 Å². The van der Waals surface area contributed by atoms with Crippen molar-refractivity contribution in [3.05, 3.63) is 58.3 Å². The van der Waals surface area contributed by atoms with Crippen LogP contribution in [0.4, 0.5) is 0 Å². The van der Waals surface area contributed by atoms with Gasteiger partial charge >= 0.3 is 0 Å². The predicted molar refractivity (Wildman–Crippen MR) is 133 cm³/mol. The third kappa shape index (κ3) is 7.88. The number of rotatable bonds is 8. The van der Waals surface area contributed by atoms with Gasteiger partial charge in [-0.25, -0.2) is 4.99 Å². The Bertz CT molecular complexity index is 784. The van der Waals surface area contributed by atoms with E-state index in [-0.39, 0.29) is 36.4 Å². The highest BCUT2D eigenvalue weighted by atomic mass is 127. The van der Waals surface area contributed by atoms with Crippen molar-refractivity contribution < 1.29 is 9.53 Å². The molecule has 1 fully saturated rings. The molecule has 6 nitrogen and oxygen atoms in total. The van der Waals surface area contributed by atoms with E-state index in [2.05, 4.69) is 38.8 Å². The molecule has 1 unspecified atom stereocenters. The molecular formula is C22H31IN4O2S. The summed E-state index contributed by atoms with van der Waals surface area (Å²) >= 11 is 1.72. The Morgan fingerprint density at radius 3 is 2.77 bits per heavy atom. The molecule has 1 saturated heterocycles. The van der Waals surface area contributed by atoms with Crippen LogP contribution in [0.2, 0.25) is 0 Å². The molecule has 0 bridgehead atoms. The second kappa shape index (κ2) is 12.9. The third-order valence-electron chi connectivity index (χ3n) is 4.91. The smallest absolute Gasteiger partial charge is 0.243 e. The molecule has 0 radical (unpaired) electrons. The monoisotopic (exact) mass is 542 g/mol. The van der Waals surface area contributed by atoms with Crippen molar-refractivity contribution in [2.45, 2.75) is 19.6 Å². The summed E-state index contributed by atoms with van der Waals surface area (Å²) < 4.78 is 5.93. The Kier molecular flexibility index (Phi) is 10.6. The number of carbonyl (C=O) groups is 1. The van der Waals surface area contributed by atoms with Crippen molar-refractivity contribution in [2.75, 3.05) is 40.3 Å². The number of likely N-dealkylation sites (N-methyl/N-ethyl adjacent to an activating group) is 1. The number of aliphatic imine (C=N–C) groups is 1. The van der Waals surface area contributed by atoms with Crippen molar-refractivity contribution in [1.82, 2.24) is 15.1 Å². The van der Waals surface area contributed by atoms with Gasteiger partial charge in [0.15, 0.2) is 5.96 Å². The predicted octanol–water partition coefficient (Wildman–Crippen LogP) is 3.44. The molecule has 1 aromatic carbocycles. The van der Waals surface area contributed by atoms with Gasteiger partial charge in [0, 0.05) is 38.0 Å². The summed E-state index contributed by atoms with van der Waals surface area (Å²) in [5, 5.41) is 5.50. The minimum Gasteiger partial charge on any atom is -0.376 e. The first-order chi connectivity index (χ1) is 14.1. The maximum atomic E-state index is 12.0. The number of likely N-dealkylation sites (tertiary alicyclic amines) is 1. The first-order valence-corrected chi connectivity index (χ1v) is 10.9. The topological polar surface area (TPSA) is 57.2 Å². The van der Waals surface area contributed by atoms with Crippen molar-refractivity contribution >= 4 is 47.2 Å². The third-order valence-corrected chi connectivity index (χ3v) is 5.79. The van der Waals surface area contributed by atoms with Crippen LogP contribution >= 0.6 is 35.3 Å². The van der Waals surface area contributed by atoms with Crippen LogP contribution in [-0.2, 0) is 22.7 Å². The van der Waals surface area contributed by atoms with Crippen molar-refractivity contribution in [3.8, 4) is 0 Å². The quantitative estimate of drug-likeness (QED) is 0.316. The summed E-state index contributed by atoms with van der Waals surface area (Å²) in [5.74, 6) is 1.28. The zero-order chi connectivity index (χ0) is 20.5. The molecule has 0 spiro atoms. The first kappa shape index (κ1) is 24.6. The second-order valence-electron chi connectivity index (χ2n) is 7.46. The van der Waals surface area contributed by atoms with Gasteiger partial charge in [0.05, 0.1) is 19.8 Å². The summed E-state index contributed by atoms with van der Waals surface area (Å²) in [5.41, 5.74) is 1.20. The van der Waals surface area contributed by atoms with Gasteiger partial charge in [-0.15, -0.1) is 35.3 Å². The van der Waals surface area contributed by atoms with Crippen LogP contribution in [0.3, 0.4) is 0 Å². The number of hydrogen-bond acceptors (Lipinski definition) is 4. The lowest BCUT2D eigenvalue weighted by molar-refractivity contribution is -0.127. The lowest BCUT2D eigenvalue weighted by Crippen LogP contribution is -2.40. The number of guanidine groups is 1. The average Bonchev–Trinajstić information content (AvgIpc) is 3.41. The molecule has 1 N–H and O–H groups in total. The van der Waals surface area contributed by atoms with Crippen LogP contribution in [0.15, 0.2) is 52.8 Å². The Hall–Kier alpha value is -1.65. The van der Waals surface area contributed by atoms with E-state index in [0.717, 1.165) is 38.6 Å². The first-order valence-electron chi connectivity index (χ1n) is 9.99. The van der Waals surface area contributed by atoms with Gasteiger partial charge < -0.3 is 19.9 Å². The van der Waals surface area contributed by atoms with E-state index in [1.807, 2.05) is 24.3 Å². The highest BCUT2D eigenvalue weighted by molar-refractivity contribution is 14.0. The van der Waals surface area contributed by atoms with Gasteiger partial charge in [-0.05, 0) is 23.4 Å². The summed E-state index contributed by atoms with van der Waals surface area (Å²) in [6, 6.07) is 14.4. The van der Waals surface area contributed by atoms with E-state index >= 15 is 0 Å². The lowest BCUT2D eigenvalue weighted by atomic mass is 10.1. The van der Waals surface area contributed by atoms with Crippen LogP contribution in [0.25, 0.3) is 0 Å². The molecule has 0 saturated carbocycles. The van der Waals surface area contributed by atoms with Crippen LogP contribution in [0, 0.1) is 5.92 Å². The largest absolute Gasteiger partial charge is 0.376 e. The summed E-state index contributed by atoms with van der Waals surface area (Å²) in [6.45, 7) is 4.07. The highest BCUT2D eigenvalue weighted by Crippen LogP contribution is 2.18. The summed E-state index contributed by atoms with van der Waals surface area (Å²) in [6.07, 6.45) is 1.07. The van der Waals surface area contributed by atoms with Gasteiger partial charge in [-0.2, -0.15) is 0 Å². The minimum atomic E-state index is 0. The Morgan fingerprint density at radius 1 is 1.27 bits per heavy atom. The molecule has 8 heteroatoms. The Morgan fingerprint density at radius 2 is 2.07 bits per heavy atom. The van der Waals surface area contributed by atoms with Crippen molar-refractivity contribution in [2.24, 2.45) is 10.9 Å². The molecule has 1 amide bonds. The standard InChI is InChI=1S/C22H30N4O2S.HI/c1-25(2)21(27)14-24-22(23-13-20-9-6-12-29-20)26-11-10-19(15-26)17-28-16-18-7-4-3-5-8-18;/h3-9,12,19H,10-11,13-17H2,1-2H3,(H,23,24);1H. The fraction of sp³-hybridized carbons (Fsp3) is 0.455. The average molecular weight is 542 g/mol. The maximum absolute atomic E-state index is 12.0. The number of ether oxygens (including phenoxy) is 1. The van der Waals surface area contributed by atoms with Crippen LogP contribution in [0.5, 0.6) is 0 Å². The Labute approximate surface area is 200 Å². The van der Waals surface area contributed by atoms with E-state index in [9.17, 15) is 4.79 Å². The van der Waals surface area contributed by atoms with Crippen molar-refractivity contribution in [1.29, 1.82) is 0 Å². The minimum absolute atomic E-state index is 0. The van der Waals surface area contributed by atoms with E-state index in [1.165, 1.54) is 10.4 Å². The summed E-state index contributed by atoms with van der Waals surface area (Å²) in [4.78, 5) is 21.6. The van der Waals surface area contributed by atoms with Crippen LogP contribution < -0.4 is 5.32 Å². The zero-order valence-electron chi connectivity index (χ0n) is 17.6. The molecule has 1 aliphatic rings. The van der Waals surface area contributed by atoms with E-state index in [0.29, 0.717) is 12.5 Å². The molecule has 2 aromatic rings. The van der Waals surface area contributed by atoms with Crippen molar-refractivity contribution in [3.63, 3.8) is 0 Å². The lowest BCUT2D eigenvalue weighted by Gasteiger charge is -2.22. The zero-order valence-corrected chi connectivity index (χ0v) is 20.8. The fourth-order valence-corrected chi connectivity index (χ4v) is 3.85. The number of thiophene rings is 1. The number of hydrogen-bond donors (Lipinski definition) is 1. The molecule has 30 heavy (non-hydrogen) atoms.